The molecule has 0 amide bonds. The van der Waals surface area contributed by atoms with Crippen LogP contribution in [0.15, 0.2) is 59.5 Å². The smallest absolute Gasteiger partial charge is 0.315 e. The Labute approximate surface area is 153 Å². The molecular weight excluding hydrogens is 350 g/mol. The number of ether oxygens (including phenoxy) is 1. The Bertz CT molecular complexity index is 1010. The maximum Gasteiger partial charge on any atom is 0.315 e. The quantitative estimate of drug-likeness (QED) is 0.781. The van der Waals surface area contributed by atoms with E-state index in [0.717, 1.165) is 22.3 Å². The van der Waals surface area contributed by atoms with Crippen LogP contribution in [0.5, 0.6) is 0 Å². The summed E-state index contributed by atoms with van der Waals surface area (Å²) < 4.78 is 32.9. The standard InChI is InChI=1S/C20H19NO4S/c1-13-7-9-14(10-8-13)26(23,24)21-12-11-17-15-5-3-4-6-16(15)18(19(17)21)20(22)25-2/h3-11,18-19H,12H2,1-2H3/t18-,19-/m0/s1. The van der Waals surface area contributed by atoms with Crippen LogP contribution in [0.4, 0.5) is 0 Å². The first kappa shape index (κ1) is 17.0. The molecule has 0 saturated heterocycles. The minimum Gasteiger partial charge on any atom is -0.468 e. The summed E-state index contributed by atoms with van der Waals surface area (Å²) in [4.78, 5) is 12.7. The lowest BCUT2D eigenvalue weighted by Crippen LogP contribution is -2.41. The van der Waals surface area contributed by atoms with Gasteiger partial charge in [-0.05, 0) is 35.8 Å². The van der Waals surface area contributed by atoms with Crippen molar-refractivity contribution in [3.8, 4) is 0 Å². The van der Waals surface area contributed by atoms with E-state index in [2.05, 4.69) is 0 Å². The fraction of sp³-hybridized carbons (Fsp3) is 0.250. The van der Waals surface area contributed by atoms with E-state index in [9.17, 15) is 13.2 Å². The van der Waals surface area contributed by atoms with Crippen molar-refractivity contribution in [3.63, 3.8) is 0 Å². The first-order chi connectivity index (χ1) is 12.4. The number of carbonyl (C=O) groups excluding carboxylic acids is 1. The van der Waals surface area contributed by atoms with E-state index >= 15 is 0 Å². The van der Waals surface area contributed by atoms with Gasteiger partial charge in [-0.15, -0.1) is 0 Å². The molecule has 134 valence electrons. The molecule has 0 aromatic heterocycles. The summed E-state index contributed by atoms with van der Waals surface area (Å²) in [6.45, 7) is 2.16. The molecule has 0 spiro atoms. The van der Waals surface area contributed by atoms with Crippen LogP contribution >= 0.6 is 0 Å². The fourth-order valence-corrected chi connectivity index (χ4v) is 5.43. The fourth-order valence-electron chi connectivity index (χ4n) is 3.87. The second-order valence-electron chi connectivity index (χ2n) is 6.58. The lowest BCUT2D eigenvalue weighted by atomic mass is 9.98. The molecule has 2 atom stereocenters. The van der Waals surface area contributed by atoms with Gasteiger partial charge in [0.05, 0.1) is 18.0 Å². The van der Waals surface area contributed by atoms with Crippen LogP contribution in [0.3, 0.4) is 0 Å². The summed E-state index contributed by atoms with van der Waals surface area (Å²) in [7, 11) is -2.39. The van der Waals surface area contributed by atoms with Crippen molar-refractivity contribution in [2.75, 3.05) is 13.7 Å². The number of benzene rings is 2. The number of hydrogen-bond donors (Lipinski definition) is 0. The third-order valence-corrected chi connectivity index (χ3v) is 6.99. The zero-order valence-electron chi connectivity index (χ0n) is 14.5. The van der Waals surface area contributed by atoms with E-state index in [0.29, 0.717) is 0 Å². The number of esters is 1. The number of sulfonamides is 1. The van der Waals surface area contributed by atoms with Gasteiger partial charge in [0.25, 0.3) is 0 Å². The third kappa shape index (κ3) is 2.40. The number of hydrogen-bond acceptors (Lipinski definition) is 4. The number of methoxy groups -OCH3 is 1. The van der Waals surface area contributed by atoms with E-state index in [1.54, 1.807) is 24.3 Å². The zero-order valence-corrected chi connectivity index (χ0v) is 15.4. The van der Waals surface area contributed by atoms with Crippen LogP contribution in [0, 0.1) is 6.92 Å². The lowest BCUT2D eigenvalue weighted by Gasteiger charge is -2.27. The summed E-state index contributed by atoms with van der Waals surface area (Å²) in [6.07, 6.45) is 1.90. The van der Waals surface area contributed by atoms with Gasteiger partial charge in [-0.2, -0.15) is 4.31 Å². The minimum absolute atomic E-state index is 0.234. The second kappa shape index (κ2) is 6.07. The Morgan fingerprint density at radius 2 is 1.81 bits per heavy atom. The van der Waals surface area contributed by atoms with Gasteiger partial charge in [0.15, 0.2) is 0 Å². The van der Waals surface area contributed by atoms with Crippen molar-refractivity contribution >= 4 is 21.6 Å². The highest BCUT2D eigenvalue weighted by Crippen LogP contribution is 2.48. The van der Waals surface area contributed by atoms with Crippen LogP contribution in [0.2, 0.25) is 0 Å². The molecule has 0 bridgehead atoms. The van der Waals surface area contributed by atoms with Crippen LogP contribution < -0.4 is 0 Å². The molecule has 0 N–H and O–H groups in total. The number of carbonyl (C=O) groups is 1. The predicted molar refractivity (Wildman–Crippen MR) is 98.0 cm³/mol. The molecule has 2 aliphatic rings. The minimum atomic E-state index is -3.73. The molecule has 2 aromatic carbocycles. The van der Waals surface area contributed by atoms with Crippen molar-refractivity contribution in [1.29, 1.82) is 0 Å². The Kier molecular flexibility index (Phi) is 3.97. The molecule has 0 unspecified atom stereocenters. The van der Waals surface area contributed by atoms with Crippen molar-refractivity contribution < 1.29 is 17.9 Å². The maximum atomic E-state index is 13.2. The average Bonchev–Trinajstić information content (AvgIpc) is 3.20. The Balaban J connectivity index is 1.80. The summed E-state index contributed by atoms with van der Waals surface area (Å²) in [5.74, 6) is -1.07. The maximum absolute atomic E-state index is 13.2. The van der Waals surface area contributed by atoms with Gasteiger partial charge in [0, 0.05) is 6.54 Å². The number of rotatable bonds is 3. The van der Waals surface area contributed by atoms with E-state index in [4.69, 9.17) is 4.74 Å². The summed E-state index contributed by atoms with van der Waals surface area (Å²) in [6, 6.07) is 13.8. The molecule has 0 fully saturated rings. The third-order valence-electron chi connectivity index (χ3n) is 5.13. The van der Waals surface area contributed by atoms with Crippen molar-refractivity contribution in [2.45, 2.75) is 23.8 Å². The molecule has 1 aliphatic heterocycles. The normalized spacial score (nSPS) is 21.8. The Morgan fingerprint density at radius 1 is 1.12 bits per heavy atom. The number of fused-ring (bicyclic) bond motifs is 3. The number of nitrogens with zero attached hydrogens (tertiary/aromatic N) is 1. The largest absolute Gasteiger partial charge is 0.468 e. The van der Waals surface area contributed by atoms with Gasteiger partial charge < -0.3 is 4.74 Å². The van der Waals surface area contributed by atoms with Crippen molar-refractivity contribution in [1.82, 2.24) is 4.31 Å². The Hall–Kier alpha value is -2.44. The zero-order chi connectivity index (χ0) is 18.5. The van der Waals surface area contributed by atoms with Gasteiger partial charge in [0.1, 0.15) is 5.92 Å². The van der Waals surface area contributed by atoms with Crippen LogP contribution in [-0.4, -0.2) is 38.4 Å². The van der Waals surface area contributed by atoms with E-state index < -0.39 is 28.0 Å². The van der Waals surface area contributed by atoms with Gasteiger partial charge in [-0.3, -0.25) is 4.79 Å². The van der Waals surface area contributed by atoms with E-state index in [1.165, 1.54) is 11.4 Å². The van der Waals surface area contributed by atoms with Crippen molar-refractivity contribution in [2.24, 2.45) is 0 Å². The highest BCUT2D eigenvalue weighted by atomic mass is 32.2. The summed E-state index contributed by atoms with van der Waals surface area (Å²) in [5, 5.41) is 0. The number of aryl methyl sites for hydroxylation is 1. The highest BCUT2D eigenvalue weighted by Gasteiger charge is 2.50. The molecule has 5 nitrogen and oxygen atoms in total. The first-order valence-corrected chi connectivity index (χ1v) is 9.85. The molecule has 4 rings (SSSR count). The molecule has 0 radical (unpaired) electrons. The van der Waals surface area contributed by atoms with Gasteiger partial charge >= 0.3 is 5.97 Å². The predicted octanol–water partition coefficient (Wildman–Crippen LogP) is 2.72. The van der Waals surface area contributed by atoms with Gasteiger partial charge in [-0.25, -0.2) is 8.42 Å². The van der Waals surface area contributed by atoms with E-state index in [-0.39, 0.29) is 11.4 Å². The molecule has 1 heterocycles. The first-order valence-electron chi connectivity index (χ1n) is 8.41. The molecule has 0 saturated carbocycles. The molecule has 1 aliphatic carbocycles. The highest BCUT2D eigenvalue weighted by molar-refractivity contribution is 7.89. The molecule has 6 heteroatoms. The molecule has 2 aromatic rings. The topological polar surface area (TPSA) is 63.7 Å². The van der Waals surface area contributed by atoms with Crippen LogP contribution in [-0.2, 0) is 19.6 Å². The van der Waals surface area contributed by atoms with Gasteiger partial charge in [-0.1, -0.05) is 48.0 Å². The second-order valence-corrected chi connectivity index (χ2v) is 8.47. The van der Waals surface area contributed by atoms with Crippen LogP contribution in [0.25, 0.3) is 5.57 Å². The Morgan fingerprint density at radius 3 is 2.50 bits per heavy atom. The SMILES string of the molecule is COC(=O)[C@H]1c2ccccc2C2=CCN(S(=O)(=O)c3ccc(C)cc3)[C@@H]21. The summed E-state index contributed by atoms with van der Waals surface area (Å²) in [5.41, 5.74) is 3.62. The summed E-state index contributed by atoms with van der Waals surface area (Å²) >= 11 is 0. The average molecular weight is 369 g/mol. The van der Waals surface area contributed by atoms with Crippen LogP contribution in [0.1, 0.15) is 22.6 Å². The van der Waals surface area contributed by atoms with Gasteiger partial charge in [0.2, 0.25) is 10.0 Å². The lowest BCUT2D eigenvalue weighted by molar-refractivity contribution is -0.143. The van der Waals surface area contributed by atoms with E-state index in [1.807, 2.05) is 37.3 Å². The molecular formula is C20H19NO4S. The molecule has 26 heavy (non-hydrogen) atoms. The van der Waals surface area contributed by atoms with Crippen molar-refractivity contribution in [3.05, 3.63) is 71.3 Å². The monoisotopic (exact) mass is 369 g/mol.